The molecule has 3 heteroatoms. The first-order valence-corrected chi connectivity index (χ1v) is 7.93. The van der Waals surface area contributed by atoms with Crippen LogP contribution in [-0.4, -0.2) is 13.6 Å². The SMILES string of the molecule is CCCC1CCC(CNC)C(c2occc2Br)C1. The summed E-state index contributed by atoms with van der Waals surface area (Å²) < 4.78 is 6.88. The standard InChI is InChI=1S/C15H24BrNO/c1-3-4-11-5-6-12(10-17-2)13(9-11)15-14(16)7-8-18-15/h7-8,11-13,17H,3-6,9-10H2,1-2H3. The highest BCUT2D eigenvalue weighted by Gasteiger charge is 2.33. The predicted octanol–water partition coefficient (Wildman–Crippen LogP) is 4.56. The molecule has 1 fully saturated rings. The molecule has 1 aliphatic rings. The van der Waals surface area contributed by atoms with Gasteiger partial charge in [0.2, 0.25) is 0 Å². The fourth-order valence-corrected chi connectivity index (χ4v) is 3.88. The zero-order valence-electron chi connectivity index (χ0n) is 11.4. The largest absolute Gasteiger partial charge is 0.468 e. The van der Waals surface area contributed by atoms with Crippen LogP contribution < -0.4 is 5.32 Å². The summed E-state index contributed by atoms with van der Waals surface area (Å²) in [7, 11) is 2.05. The first-order valence-electron chi connectivity index (χ1n) is 7.13. The normalized spacial score (nSPS) is 28.5. The molecule has 18 heavy (non-hydrogen) atoms. The summed E-state index contributed by atoms with van der Waals surface area (Å²) in [6.45, 7) is 3.38. The van der Waals surface area contributed by atoms with Crippen LogP contribution in [0, 0.1) is 11.8 Å². The summed E-state index contributed by atoms with van der Waals surface area (Å²) in [6, 6.07) is 2.02. The smallest absolute Gasteiger partial charge is 0.121 e. The molecule has 2 nitrogen and oxygen atoms in total. The summed E-state index contributed by atoms with van der Waals surface area (Å²) in [6.07, 6.45) is 8.46. The van der Waals surface area contributed by atoms with Gasteiger partial charge in [0.25, 0.3) is 0 Å². The Kier molecular flexibility index (Phi) is 5.31. The summed E-state index contributed by atoms with van der Waals surface area (Å²) in [4.78, 5) is 0. The molecule has 102 valence electrons. The molecular formula is C15H24BrNO. The number of furan rings is 1. The van der Waals surface area contributed by atoms with E-state index in [0.29, 0.717) is 11.8 Å². The van der Waals surface area contributed by atoms with Crippen LogP contribution in [0.1, 0.15) is 50.7 Å². The average Bonchev–Trinajstić information content (AvgIpc) is 2.78. The van der Waals surface area contributed by atoms with Gasteiger partial charge >= 0.3 is 0 Å². The molecule has 1 N–H and O–H groups in total. The van der Waals surface area contributed by atoms with Gasteiger partial charge in [-0.25, -0.2) is 0 Å². The third-order valence-corrected chi connectivity index (χ3v) is 4.90. The fraction of sp³-hybridized carbons (Fsp3) is 0.733. The fourth-order valence-electron chi connectivity index (χ4n) is 3.39. The first-order chi connectivity index (χ1) is 8.76. The van der Waals surface area contributed by atoms with Crippen LogP contribution in [0.25, 0.3) is 0 Å². The summed E-state index contributed by atoms with van der Waals surface area (Å²) >= 11 is 3.63. The Balaban J connectivity index is 2.12. The molecule has 0 bridgehead atoms. The Morgan fingerprint density at radius 3 is 2.89 bits per heavy atom. The second-order valence-corrected chi connectivity index (χ2v) is 6.38. The summed E-state index contributed by atoms with van der Waals surface area (Å²) in [5.41, 5.74) is 0. The lowest BCUT2D eigenvalue weighted by Crippen LogP contribution is -2.30. The van der Waals surface area contributed by atoms with Gasteiger partial charge in [0.05, 0.1) is 10.7 Å². The molecule has 1 aromatic heterocycles. The Morgan fingerprint density at radius 2 is 2.28 bits per heavy atom. The average molecular weight is 314 g/mol. The van der Waals surface area contributed by atoms with E-state index < -0.39 is 0 Å². The quantitative estimate of drug-likeness (QED) is 0.862. The Morgan fingerprint density at radius 1 is 1.44 bits per heavy atom. The van der Waals surface area contributed by atoms with Gasteiger partial charge in [0.1, 0.15) is 5.76 Å². The molecule has 0 spiro atoms. The second kappa shape index (κ2) is 6.76. The molecule has 0 aliphatic heterocycles. The van der Waals surface area contributed by atoms with Crippen molar-refractivity contribution >= 4 is 15.9 Å². The van der Waals surface area contributed by atoms with E-state index in [4.69, 9.17) is 4.42 Å². The predicted molar refractivity (Wildman–Crippen MR) is 78.8 cm³/mol. The molecular weight excluding hydrogens is 290 g/mol. The van der Waals surface area contributed by atoms with Crippen molar-refractivity contribution in [1.82, 2.24) is 5.32 Å². The van der Waals surface area contributed by atoms with Gasteiger partial charge in [-0.15, -0.1) is 0 Å². The topological polar surface area (TPSA) is 25.2 Å². The van der Waals surface area contributed by atoms with Gasteiger partial charge in [-0.1, -0.05) is 26.2 Å². The van der Waals surface area contributed by atoms with Crippen LogP contribution in [-0.2, 0) is 0 Å². The number of hydrogen-bond donors (Lipinski definition) is 1. The molecule has 1 saturated carbocycles. The van der Waals surface area contributed by atoms with Crippen LogP contribution in [0.4, 0.5) is 0 Å². The van der Waals surface area contributed by atoms with E-state index in [0.717, 1.165) is 22.7 Å². The van der Waals surface area contributed by atoms with Gasteiger partial charge in [-0.3, -0.25) is 0 Å². The molecule has 0 radical (unpaired) electrons. The minimum Gasteiger partial charge on any atom is -0.468 e. The van der Waals surface area contributed by atoms with Crippen molar-refractivity contribution in [1.29, 1.82) is 0 Å². The van der Waals surface area contributed by atoms with E-state index >= 15 is 0 Å². The van der Waals surface area contributed by atoms with Gasteiger partial charge in [0, 0.05) is 5.92 Å². The van der Waals surface area contributed by atoms with E-state index in [9.17, 15) is 0 Å². The lowest BCUT2D eigenvalue weighted by Gasteiger charge is -2.35. The van der Waals surface area contributed by atoms with Gasteiger partial charge in [-0.2, -0.15) is 0 Å². The van der Waals surface area contributed by atoms with Crippen LogP contribution >= 0.6 is 15.9 Å². The van der Waals surface area contributed by atoms with Crippen molar-refractivity contribution in [2.45, 2.75) is 44.9 Å². The molecule has 0 amide bonds. The lowest BCUT2D eigenvalue weighted by atomic mass is 9.71. The Bertz CT molecular complexity index is 363. The minimum absolute atomic E-state index is 0.576. The van der Waals surface area contributed by atoms with Gasteiger partial charge in [0.15, 0.2) is 0 Å². The van der Waals surface area contributed by atoms with Crippen molar-refractivity contribution in [3.63, 3.8) is 0 Å². The number of halogens is 1. The minimum atomic E-state index is 0.576. The lowest BCUT2D eigenvalue weighted by molar-refractivity contribution is 0.202. The molecule has 0 aromatic carbocycles. The van der Waals surface area contributed by atoms with E-state index in [1.165, 1.54) is 32.1 Å². The third-order valence-electron chi connectivity index (χ3n) is 4.25. The number of nitrogens with one attached hydrogen (secondary N) is 1. The van der Waals surface area contributed by atoms with Crippen molar-refractivity contribution < 1.29 is 4.42 Å². The Hall–Kier alpha value is -0.280. The molecule has 2 rings (SSSR count). The monoisotopic (exact) mass is 313 g/mol. The van der Waals surface area contributed by atoms with Crippen LogP contribution in [0.3, 0.4) is 0 Å². The van der Waals surface area contributed by atoms with Crippen LogP contribution in [0.2, 0.25) is 0 Å². The van der Waals surface area contributed by atoms with E-state index in [2.05, 4.69) is 28.2 Å². The summed E-state index contributed by atoms with van der Waals surface area (Å²) in [5.74, 6) is 3.33. The molecule has 3 unspecified atom stereocenters. The second-order valence-electron chi connectivity index (χ2n) is 5.52. The highest BCUT2D eigenvalue weighted by molar-refractivity contribution is 9.10. The highest BCUT2D eigenvalue weighted by atomic mass is 79.9. The van der Waals surface area contributed by atoms with Crippen molar-refractivity contribution in [3.8, 4) is 0 Å². The van der Waals surface area contributed by atoms with Crippen molar-refractivity contribution in [3.05, 3.63) is 22.6 Å². The van der Waals surface area contributed by atoms with Crippen molar-refractivity contribution in [2.75, 3.05) is 13.6 Å². The van der Waals surface area contributed by atoms with E-state index in [1.807, 2.05) is 13.1 Å². The zero-order valence-corrected chi connectivity index (χ0v) is 13.0. The Labute approximate surface area is 119 Å². The zero-order chi connectivity index (χ0) is 13.0. The van der Waals surface area contributed by atoms with Crippen molar-refractivity contribution in [2.24, 2.45) is 11.8 Å². The van der Waals surface area contributed by atoms with E-state index in [-0.39, 0.29) is 0 Å². The maximum atomic E-state index is 5.73. The third kappa shape index (κ3) is 3.18. The maximum Gasteiger partial charge on any atom is 0.121 e. The van der Waals surface area contributed by atoms with Crippen LogP contribution in [0.15, 0.2) is 21.2 Å². The number of hydrogen-bond acceptors (Lipinski definition) is 2. The highest BCUT2D eigenvalue weighted by Crippen LogP contribution is 2.44. The molecule has 1 aliphatic carbocycles. The van der Waals surface area contributed by atoms with Crippen LogP contribution in [0.5, 0.6) is 0 Å². The first kappa shape index (κ1) is 14.1. The van der Waals surface area contributed by atoms with E-state index in [1.54, 1.807) is 6.26 Å². The number of rotatable bonds is 5. The van der Waals surface area contributed by atoms with Gasteiger partial charge in [-0.05, 0) is 60.3 Å². The summed E-state index contributed by atoms with van der Waals surface area (Å²) in [5, 5.41) is 3.34. The van der Waals surface area contributed by atoms with Gasteiger partial charge < -0.3 is 9.73 Å². The maximum absolute atomic E-state index is 5.73. The molecule has 1 aromatic rings. The molecule has 1 heterocycles. The molecule has 3 atom stereocenters. The molecule has 0 saturated heterocycles.